The van der Waals surface area contributed by atoms with Crippen molar-refractivity contribution in [3.63, 3.8) is 0 Å². The van der Waals surface area contributed by atoms with Gasteiger partial charge in [-0.05, 0) is 18.9 Å². The lowest BCUT2D eigenvalue weighted by atomic mass is 10.1. The Kier molecular flexibility index (Phi) is 4.61. The van der Waals surface area contributed by atoms with Gasteiger partial charge in [0.1, 0.15) is 5.56 Å². The third-order valence-corrected chi connectivity index (χ3v) is 2.94. The summed E-state index contributed by atoms with van der Waals surface area (Å²) in [4.78, 5) is 25.7. The third-order valence-electron chi connectivity index (χ3n) is 2.67. The second-order valence-corrected chi connectivity index (χ2v) is 4.62. The van der Waals surface area contributed by atoms with Gasteiger partial charge in [0.05, 0.1) is 4.92 Å². The predicted molar refractivity (Wildman–Crippen MR) is 67.7 cm³/mol. The molecule has 0 aliphatic rings. The molecule has 1 N–H and O–H groups in total. The molecule has 7 heteroatoms. The van der Waals surface area contributed by atoms with E-state index in [2.05, 4.69) is 10.3 Å². The number of carbonyl (C=O) groups excluding carboxylic acids is 1. The van der Waals surface area contributed by atoms with Crippen LogP contribution in [0.5, 0.6) is 0 Å². The van der Waals surface area contributed by atoms with Crippen molar-refractivity contribution < 1.29 is 9.72 Å². The van der Waals surface area contributed by atoms with E-state index >= 15 is 0 Å². The standard InChI is InChI=1S/C11H14ClN3O3/c1-6(2)7(3)14-11(16)8-4-5-13-10(12)9(8)15(17)18/h4-7H,1-3H3,(H,14,16). The summed E-state index contributed by atoms with van der Waals surface area (Å²) < 4.78 is 0. The first kappa shape index (κ1) is 14.4. The number of nitrogens with zero attached hydrogens (tertiary/aromatic N) is 2. The Hall–Kier alpha value is -1.69. The molecular formula is C11H14ClN3O3. The van der Waals surface area contributed by atoms with E-state index in [-0.39, 0.29) is 22.7 Å². The molecule has 0 saturated heterocycles. The summed E-state index contributed by atoms with van der Waals surface area (Å²) in [5, 5.41) is 13.3. The highest BCUT2D eigenvalue weighted by Gasteiger charge is 2.25. The van der Waals surface area contributed by atoms with Crippen molar-refractivity contribution in [2.75, 3.05) is 0 Å². The van der Waals surface area contributed by atoms with E-state index in [9.17, 15) is 14.9 Å². The van der Waals surface area contributed by atoms with Crippen LogP contribution in [0.2, 0.25) is 5.15 Å². The number of amides is 1. The number of hydrogen-bond acceptors (Lipinski definition) is 4. The number of halogens is 1. The van der Waals surface area contributed by atoms with E-state index < -0.39 is 16.5 Å². The first-order valence-corrected chi connectivity index (χ1v) is 5.82. The molecule has 0 aliphatic heterocycles. The van der Waals surface area contributed by atoms with E-state index in [0.29, 0.717) is 0 Å². The van der Waals surface area contributed by atoms with Gasteiger partial charge in [-0.1, -0.05) is 25.4 Å². The van der Waals surface area contributed by atoms with Crippen molar-refractivity contribution in [1.29, 1.82) is 0 Å². The van der Waals surface area contributed by atoms with Crippen LogP contribution in [0.3, 0.4) is 0 Å². The zero-order valence-electron chi connectivity index (χ0n) is 10.3. The summed E-state index contributed by atoms with van der Waals surface area (Å²) in [6, 6.07) is 1.19. The Morgan fingerprint density at radius 3 is 2.61 bits per heavy atom. The van der Waals surface area contributed by atoms with Crippen LogP contribution >= 0.6 is 11.6 Å². The van der Waals surface area contributed by atoms with Crippen molar-refractivity contribution in [1.82, 2.24) is 10.3 Å². The second kappa shape index (κ2) is 5.77. The van der Waals surface area contributed by atoms with E-state index in [1.54, 1.807) is 0 Å². The molecule has 18 heavy (non-hydrogen) atoms. The summed E-state index contributed by atoms with van der Waals surface area (Å²) in [7, 11) is 0. The first-order valence-electron chi connectivity index (χ1n) is 5.44. The van der Waals surface area contributed by atoms with Gasteiger partial charge < -0.3 is 5.32 Å². The number of nitro groups is 1. The van der Waals surface area contributed by atoms with Gasteiger partial charge in [-0.2, -0.15) is 0 Å². The zero-order chi connectivity index (χ0) is 13.9. The highest BCUT2D eigenvalue weighted by atomic mass is 35.5. The molecule has 1 atom stereocenters. The minimum Gasteiger partial charge on any atom is -0.349 e. The summed E-state index contributed by atoms with van der Waals surface area (Å²) >= 11 is 5.63. The lowest BCUT2D eigenvalue weighted by Crippen LogP contribution is -2.36. The van der Waals surface area contributed by atoms with Crippen LogP contribution in [0.25, 0.3) is 0 Å². The molecule has 6 nitrogen and oxygen atoms in total. The molecule has 1 heterocycles. The highest BCUT2D eigenvalue weighted by molar-refractivity contribution is 6.32. The lowest BCUT2D eigenvalue weighted by Gasteiger charge is -2.17. The highest BCUT2D eigenvalue weighted by Crippen LogP contribution is 2.25. The smallest absolute Gasteiger partial charge is 0.319 e. The summed E-state index contributed by atoms with van der Waals surface area (Å²) in [5.41, 5.74) is -0.542. The number of rotatable bonds is 4. The average molecular weight is 272 g/mol. The largest absolute Gasteiger partial charge is 0.349 e. The molecule has 0 fully saturated rings. The summed E-state index contributed by atoms with van der Waals surface area (Å²) in [6.45, 7) is 5.72. The Morgan fingerprint density at radius 2 is 2.11 bits per heavy atom. The van der Waals surface area contributed by atoms with E-state index in [0.717, 1.165) is 0 Å². The van der Waals surface area contributed by atoms with Crippen LogP contribution in [0.4, 0.5) is 5.69 Å². The molecule has 0 saturated carbocycles. The van der Waals surface area contributed by atoms with Gasteiger partial charge in [0.2, 0.25) is 5.15 Å². The average Bonchev–Trinajstić information content (AvgIpc) is 2.27. The lowest BCUT2D eigenvalue weighted by molar-refractivity contribution is -0.385. The van der Waals surface area contributed by atoms with Gasteiger partial charge in [0.25, 0.3) is 5.91 Å². The fourth-order valence-electron chi connectivity index (χ4n) is 1.24. The van der Waals surface area contributed by atoms with Crippen LogP contribution in [-0.4, -0.2) is 21.9 Å². The summed E-state index contributed by atoms with van der Waals surface area (Å²) in [5.74, 6) is -0.294. The van der Waals surface area contributed by atoms with Crippen LogP contribution in [0.1, 0.15) is 31.1 Å². The van der Waals surface area contributed by atoms with Crippen LogP contribution < -0.4 is 5.32 Å². The number of aromatic nitrogens is 1. The normalized spacial score (nSPS) is 12.3. The molecule has 1 unspecified atom stereocenters. The number of hydrogen-bond donors (Lipinski definition) is 1. The fourth-order valence-corrected chi connectivity index (χ4v) is 1.46. The maximum atomic E-state index is 11.9. The quantitative estimate of drug-likeness (QED) is 0.518. The van der Waals surface area contributed by atoms with E-state index in [1.165, 1.54) is 12.3 Å². The van der Waals surface area contributed by atoms with Gasteiger partial charge in [0.15, 0.2) is 0 Å². The van der Waals surface area contributed by atoms with E-state index in [1.807, 2.05) is 20.8 Å². The Labute approximate surface area is 110 Å². The molecule has 0 radical (unpaired) electrons. The topological polar surface area (TPSA) is 85.1 Å². The Bertz CT molecular complexity index is 477. The molecule has 0 aliphatic carbocycles. The van der Waals surface area contributed by atoms with Crippen LogP contribution in [-0.2, 0) is 0 Å². The minimum absolute atomic E-state index is 0.0764. The first-order chi connectivity index (χ1) is 8.34. The maximum absolute atomic E-state index is 11.9. The van der Waals surface area contributed by atoms with Gasteiger partial charge in [-0.3, -0.25) is 14.9 Å². The van der Waals surface area contributed by atoms with E-state index in [4.69, 9.17) is 11.6 Å². The Balaban J connectivity index is 3.06. The van der Waals surface area contributed by atoms with Crippen molar-refractivity contribution in [2.24, 2.45) is 5.92 Å². The molecule has 1 amide bonds. The minimum atomic E-state index is -0.704. The van der Waals surface area contributed by atoms with Crippen molar-refractivity contribution in [2.45, 2.75) is 26.8 Å². The predicted octanol–water partition coefficient (Wildman–Crippen LogP) is 2.42. The molecule has 98 valence electrons. The monoisotopic (exact) mass is 271 g/mol. The fraction of sp³-hybridized carbons (Fsp3) is 0.455. The molecule has 1 aromatic heterocycles. The third kappa shape index (κ3) is 3.16. The second-order valence-electron chi connectivity index (χ2n) is 4.26. The molecule has 1 aromatic rings. The van der Waals surface area contributed by atoms with Gasteiger partial charge >= 0.3 is 5.69 Å². The number of nitrogens with one attached hydrogen (secondary N) is 1. The molecule has 1 rings (SSSR count). The van der Waals surface area contributed by atoms with Crippen molar-refractivity contribution >= 4 is 23.2 Å². The van der Waals surface area contributed by atoms with Gasteiger partial charge in [0, 0.05) is 12.2 Å². The maximum Gasteiger partial charge on any atom is 0.319 e. The van der Waals surface area contributed by atoms with Gasteiger partial charge in [-0.15, -0.1) is 0 Å². The van der Waals surface area contributed by atoms with Crippen molar-refractivity contribution in [3.8, 4) is 0 Å². The summed E-state index contributed by atoms with van der Waals surface area (Å²) in [6.07, 6.45) is 1.27. The molecule has 0 aromatic carbocycles. The molecule has 0 bridgehead atoms. The van der Waals surface area contributed by atoms with Crippen molar-refractivity contribution in [3.05, 3.63) is 33.1 Å². The Morgan fingerprint density at radius 1 is 1.50 bits per heavy atom. The van der Waals surface area contributed by atoms with Gasteiger partial charge in [-0.25, -0.2) is 4.98 Å². The molecule has 0 spiro atoms. The molecular weight excluding hydrogens is 258 g/mol. The van der Waals surface area contributed by atoms with Crippen LogP contribution in [0, 0.1) is 16.0 Å². The number of carbonyl (C=O) groups is 1. The SMILES string of the molecule is CC(C)C(C)NC(=O)c1ccnc(Cl)c1[N+](=O)[O-]. The number of pyridine rings is 1. The van der Waals surface area contributed by atoms with Crippen LogP contribution in [0.15, 0.2) is 12.3 Å². The zero-order valence-corrected chi connectivity index (χ0v) is 11.1.